The molecule has 2 amide bonds. The number of carboxylic acid groups (broad SMARTS) is 1. The minimum atomic E-state index is -1.20. The van der Waals surface area contributed by atoms with Gasteiger partial charge in [-0.2, -0.15) is 0 Å². The molecule has 132 valence electrons. The van der Waals surface area contributed by atoms with E-state index in [9.17, 15) is 19.5 Å². The zero-order valence-corrected chi connectivity index (χ0v) is 14.4. The molecule has 1 aromatic carbocycles. The number of thioether (sulfide) groups is 1. The number of nitrogens with one attached hydrogen (secondary N) is 1. The number of carbonyl (C=O) groups is 3. The minimum Gasteiger partial charge on any atom is -0.495 e. The van der Waals surface area contributed by atoms with Crippen LogP contribution in [0.1, 0.15) is 12.5 Å². The van der Waals surface area contributed by atoms with Crippen molar-refractivity contribution in [1.29, 1.82) is 0 Å². The lowest BCUT2D eigenvalue weighted by Gasteiger charge is -2.49. The largest absolute Gasteiger partial charge is 0.495 e. The molecule has 25 heavy (non-hydrogen) atoms. The molecule has 1 saturated heterocycles. The molecule has 0 bridgehead atoms. The molecule has 2 atom stereocenters. The van der Waals surface area contributed by atoms with E-state index in [0.717, 1.165) is 5.56 Å². The molecule has 1 fully saturated rings. The Bertz CT molecular complexity index is 734. The number of rotatable bonds is 6. The summed E-state index contributed by atoms with van der Waals surface area (Å²) in [4.78, 5) is 37.3. The maximum absolute atomic E-state index is 12.4. The highest BCUT2D eigenvalue weighted by atomic mass is 32.2. The summed E-state index contributed by atoms with van der Waals surface area (Å²) in [6.45, 7) is 2.09. The number of amides is 2. The van der Waals surface area contributed by atoms with Gasteiger partial charge in [-0.05, 0) is 12.5 Å². The molecule has 2 aliphatic rings. The Morgan fingerprint density at radius 1 is 1.36 bits per heavy atom. The summed E-state index contributed by atoms with van der Waals surface area (Å²) in [5.41, 5.74) is 0.730. The molecule has 2 heterocycles. The number of ether oxygens (including phenoxy) is 1. The fourth-order valence-corrected chi connectivity index (χ4v) is 4.16. The number of β-lactam (4-membered cyclic amide) rings is 1. The van der Waals surface area contributed by atoms with Crippen LogP contribution in [0.2, 0.25) is 0 Å². The number of carboxylic acids is 1. The minimum absolute atomic E-state index is 0.121. The lowest BCUT2D eigenvalue weighted by atomic mass is 10.0. The standard InChI is InChI=1S/C17H18N2O5S/c1-2-24-11-9-25-16-13(15(21)19(16)14(11)17(22)23)18-12(20)8-10-6-4-3-5-7-10/h3-7,13,16H,2,8-9H2,1H3,(H,18,20)(H,22,23)/t13?,16-/m1/s1. The van der Waals surface area contributed by atoms with Crippen LogP contribution in [0.3, 0.4) is 0 Å². The molecule has 7 nitrogen and oxygen atoms in total. The summed E-state index contributed by atoms with van der Waals surface area (Å²) < 4.78 is 5.35. The monoisotopic (exact) mass is 362 g/mol. The first-order valence-corrected chi connectivity index (χ1v) is 8.95. The molecule has 0 radical (unpaired) electrons. The van der Waals surface area contributed by atoms with Crippen molar-refractivity contribution in [2.75, 3.05) is 12.4 Å². The summed E-state index contributed by atoms with van der Waals surface area (Å²) >= 11 is 1.39. The number of benzene rings is 1. The van der Waals surface area contributed by atoms with E-state index in [4.69, 9.17) is 4.74 Å². The molecule has 1 aromatic rings. The van der Waals surface area contributed by atoms with Crippen molar-refractivity contribution >= 4 is 29.5 Å². The Morgan fingerprint density at radius 2 is 2.08 bits per heavy atom. The van der Waals surface area contributed by atoms with Crippen LogP contribution in [0, 0.1) is 0 Å². The summed E-state index contributed by atoms with van der Waals surface area (Å²) in [5, 5.41) is 11.7. The van der Waals surface area contributed by atoms with Crippen LogP contribution in [0.5, 0.6) is 0 Å². The number of hydrogen-bond donors (Lipinski definition) is 2. The zero-order valence-electron chi connectivity index (χ0n) is 13.6. The number of fused-ring (bicyclic) bond motifs is 1. The lowest BCUT2D eigenvalue weighted by molar-refractivity contribution is -0.151. The van der Waals surface area contributed by atoms with Crippen LogP contribution >= 0.6 is 11.8 Å². The molecule has 0 saturated carbocycles. The lowest BCUT2D eigenvalue weighted by Crippen LogP contribution is -2.70. The molecular formula is C17H18N2O5S. The third-order valence-corrected chi connectivity index (χ3v) is 5.23. The first-order valence-electron chi connectivity index (χ1n) is 7.90. The first kappa shape index (κ1) is 17.3. The Labute approximate surface area is 149 Å². The Kier molecular flexibility index (Phi) is 4.98. The van der Waals surface area contributed by atoms with E-state index in [1.807, 2.05) is 30.3 Å². The van der Waals surface area contributed by atoms with Gasteiger partial charge in [0.15, 0.2) is 5.70 Å². The van der Waals surface area contributed by atoms with Crippen LogP contribution in [-0.4, -0.2) is 51.6 Å². The fraction of sp³-hybridized carbons (Fsp3) is 0.353. The van der Waals surface area contributed by atoms with Crippen LogP contribution in [0.25, 0.3) is 0 Å². The summed E-state index contributed by atoms with van der Waals surface area (Å²) in [5.74, 6) is -1.24. The molecule has 3 rings (SSSR count). The summed E-state index contributed by atoms with van der Waals surface area (Å²) in [7, 11) is 0. The smallest absolute Gasteiger partial charge is 0.356 e. The van der Waals surface area contributed by atoms with Crippen LogP contribution in [-0.2, 0) is 25.5 Å². The van der Waals surface area contributed by atoms with Gasteiger partial charge in [0.25, 0.3) is 5.91 Å². The quantitative estimate of drug-likeness (QED) is 0.732. The number of carbonyl (C=O) groups excluding carboxylic acids is 2. The van der Waals surface area contributed by atoms with Crippen molar-refractivity contribution in [2.24, 2.45) is 0 Å². The first-order chi connectivity index (χ1) is 12.0. The van der Waals surface area contributed by atoms with Gasteiger partial charge in [-0.1, -0.05) is 30.3 Å². The number of aliphatic carboxylic acids is 1. The van der Waals surface area contributed by atoms with Gasteiger partial charge in [0.1, 0.15) is 17.2 Å². The highest BCUT2D eigenvalue weighted by molar-refractivity contribution is 8.00. The Hall–Kier alpha value is -2.48. The van der Waals surface area contributed by atoms with Gasteiger partial charge >= 0.3 is 5.97 Å². The van der Waals surface area contributed by atoms with Crippen molar-refractivity contribution in [3.8, 4) is 0 Å². The Morgan fingerprint density at radius 3 is 2.72 bits per heavy atom. The van der Waals surface area contributed by atoms with Crippen molar-refractivity contribution in [1.82, 2.24) is 10.2 Å². The number of nitrogens with zero attached hydrogens (tertiary/aromatic N) is 1. The zero-order chi connectivity index (χ0) is 18.0. The maximum atomic E-state index is 12.4. The van der Waals surface area contributed by atoms with E-state index in [1.54, 1.807) is 6.92 Å². The SMILES string of the molecule is CCOC1=C(C(=O)O)N2C(=O)C(NC(=O)Cc3ccccc3)[C@H]2SC1. The van der Waals surface area contributed by atoms with Crippen molar-refractivity contribution in [2.45, 2.75) is 24.8 Å². The molecule has 2 N–H and O–H groups in total. The van der Waals surface area contributed by atoms with E-state index in [1.165, 1.54) is 16.7 Å². The van der Waals surface area contributed by atoms with Crippen LogP contribution < -0.4 is 5.32 Å². The second-order valence-electron chi connectivity index (χ2n) is 5.63. The average Bonchev–Trinajstić information content (AvgIpc) is 2.60. The van der Waals surface area contributed by atoms with E-state index in [0.29, 0.717) is 18.1 Å². The molecule has 0 aliphatic carbocycles. The molecule has 1 unspecified atom stereocenters. The summed E-state index contributed by atoms with van der Waals surface area (Å²) in [6, 6.07) is 8.51. The van der Waals surface area contributed by atoms with Gasteiger partial charge in [-0.3, -0.25) is 14.5 Å². The van der Waals surface area contributed by atoms with E-state index < -0.39 is 23.3 Å². The van der Waals surface area contributed by atoms with Crippen molar-refractivity contribution < 1.29 is 24.2 Å². The van der Waals surface area contributed by atoms with Gasteiger partial charge in [0.05, 0.1) is 18.8 Å². The van der Waals surface area contributed by atoms with E-state index in [2.05, 4.69) is 5.32 Å². The second kappa shape index (κ2) is 7.18. The number of hydrogen-bond acceptors (Lipinski definition) is 5. The second-order valence-corrected chi connectivity index (χ2v) is 6.73. The molecule has 2 aliphatic heterocycles. The van der Waals surface area contributed by atoms with Gasteiger partial charge in [-0.25, -0.2) is 4.79 Å². The normalized spacial score (nSPS) is 22.1. The third kappa shape index (κ3) is 3.34. The van der Waals surface area contributed by atoms with Crippen molar-refractivity contribution in [3.05, 3.63) is 47.4 Å². The highest BCUT2D eigenvalue weighted by Gasteiger charge is 2.54. The highest BCUT2D eigenvalue weighted by Crippen LogP contribution is 2.40. The predicted molar refractivity (Wildman–Crippen MR) is 91.5 cm³/mol. The fourth-order valence-electron chi connectivity index (χ4n) is 2.88. The van der Waals surface area contributed by atoms with Crippen LogP contribution in [0.15, 0.2) is 41.8 Å². The molecule has 0 spiro atoms. The predicted octanol–water partition coefficient (Wildman–Crippen LogP) is 0.962. The Balaban J connectivity index is 1.69. The van der Waals surface area contributed by atoms with Gasteiger partial charge < -0.3 is 15.2 Å². The van der Waals surface area contributed by atoms with Gasteiger partial charge in [-0.15, -0.1) is 11.8 Å². The molecule has 8 heteroatoms. The topological polar surface area (TPSA) is 95.9 Å². The molecular weight excluding hydrogens is 344 g/mol. The maximum Gasteiger partial charge on any atom is 0.356 e. The molecule has 0 aromatic heterocycles. The van der Waals surface area contributed by atoms with E-state index in [-0.39, 0.29) is 18.0 Å². The summed E-state index contributed by atoms with van der Waals surface area (Å²) in [6.07, 6.45) is 0.174. The van der Waals surface area contributed by atoms with Gasteiger partial charge in [0, 0.05) is 0 Å². The average molecular weight is 362 g/mol. The third-order valence-electron chi connectivity index (χ3n) is 3.98. The van der Waals surface area contributed by atoms with E-state index >= 15 is 0 Å². The van der Waals surface area contributed by atoms with Crippen molar-refractivity contribution in [3.63, 3.8) is 0 Å². The van der Waals surface area contributed by atoms with Gasteiger partial charge in [0.2, 0.25) is 5.91 Å². The van der Waals surface area contributed by atoms with Crippen LogP contribution in [0.4, 0.5) is 0 Å².